The van der Waals surface area contributed by atoms with Gasteiger partial charge in [0.1, 0.15) is 0 Å². The third kappa shape index (κ3) is 1.95. The fourth-order valence-corrected chi connectivity index (χ4v) is 7.35. The van der Waals surface area contributed by atoms with Crippen molar-refractivity contribution in [2.24, 2.45) is 28.6 Å². The number of aliphatic hydroxyl groups is 1. The van der Waals surface area contributed by atoms with Gasteiger partial charge < -0.3 is 14.6 Å². The van der Waals surface area contributed by atoms with Crippen LogP contribution in [0.5, 0.6) is 0 Å². The van der Waals surface area contributed by atoms with Crippen molar-refractivity contribution in [2.45, 2.75) is 77.1 Å². The Morgan fingerprint density at radius 2 is 1.75 bits per heavy atom. The van der Waals surface area contributed by atoms with Gasteiger partial charge in [-0.25, -0.2) is 0 Å². The maximum atomic E-state index is 10.6. The summed E-state index contributed by atoms with van der Waals surface area (Å²) >= 11 is 0. The molecule has 1 spiro atoms. The molecule has 0 aromatic carbocycles. The largest absolute Gasteiger partial charge is 0.393 e. The van der Waals surface area contributed by atoms with Gasteiger partial charge in [0, 0.05) is 6.42 Å². The van der Waals surface area contributed by atoms with Gasteiger partial charge >= 0.3 is 0 Å². The highest BCUT2D eigenvalue weighted by atomic mass is 16.7. The van der Waals surface area contributed by atoms with E-state index >= 15 is 0 Å². The van der Waals surface area contributed by atoms with Gasteiger partial charge in [-0.3, -0.25) is 0 Å². The molecule has 6 atom stereocenters. The molecule has 3 heteroatoms. The molecule has 0 bridgehead atoms. The Bertz CT molecular complexity index is 563. The molecule has 5 aliphatic rings. The van der Waals surface area contributed by atoms with Crippen LogP contribution in [0, 0.1) is 28.6 Å². The molecule has 1 aliphatic heterocycles. The number of ether oxygens (including phenoxy) is 2. The van der Waals surface area contributed by atoms with Crippen LogP contribution in [0.2, 0.25) is 0 Å². The zero-order valence-corrected chi connectivity index (χ0v) is 15.2. The zero-order valence-electron chi connectivity index (χ0n) is 15.2. The average molecular weight is 332 g/mol. The predicted octanol–water partition coefficient (Wildman–Crippen LogP) is 4.05. The molecule has 0 radical (unpaired) electrons. The summed E-state index contributed by atoms with van der Waals surface area (Å²) in [5, 5.41) is 10.6. The minimum absolute atomic E-state index is 0.0666. The summed E-state index contributed by atoms with van der Waals surface area (Å²) in [5.41, 5.74) is 2.13. The van der Waals surface area contributed by atoms with Crippen molar-refractivity contribution in [1.82, 2.24) is 0 Å². The maximum Gasteiger partial charge on any atom is 0.188 e. The standard InChI is InChI=1S/C21H32O3/c1-19-9-10-21(23-11-12-24-21)13-14(19)3-4-15-16-5-6-18(22)20(16,2)8-7-17(15)19/h13,15-18,22H,3-12H2,1-2H3/t15-,16-,17-,18-,19-,20-/m0/s1. The van der Waals surface area contributed by atoms with Crippen molar-refractivity contribution in [3.8, 4) is 0 Å². The number of allylic oxidation sites excluding steroid dienone is 1. The molecule has 0 aromatic heterocycles. The lowest BCUT2D eigenvalue weighted by Crippen LogP contribution is -2.52. The van der Waals surface area contributed by atoms with Crippen molar-refractivity contribution in [3.63, 3.8) is 0 Å². The van der Waals surface area contributed by atoms with E-state index in [9.17, 15) is 5.11 Å². The van der Waals surface area contributed by atoms with Gasteiger partial charge in [-0.1, -0.05) is 19.4 Å². The summed E-state index contributed by atoms with van der Waals surface area (Å²) in [7, 11) is 0. The van der Waals surface area contributed by atoms with Gasteiger partial charge in [0.2, 0.25) is 0 Å². The Morgan fingerprint density at radius 1 is 0.958 bits per heavy atom. The zero-order chi connectivity index (χ0) is 16.6. The Labute approximate surface area is 145 Å². The highest BCUT2D eigenvalue weighted by Gasteiger charge is 2.59. The molecule has 5 rings (SSSR count). The predicted molar refractivity (Wildman–Crippen MR) is 92.3 cm³/mol. The van der Waals surface area contributed by atoms with E-state index in [1.165, 1.54) is 38.5 Å². The van der Waals surface area contributed by atoms with Gasteiger partial charge in [0.15, 0.2) is 5.79 Å². The molecule has 3 saturated carbocycles. The Balaban J connectivity index is 1.47. The SMILES string of the molecule is C[C@]12CC[C@H]3[C@@H](CCC4=CC5(CC[C@@]43C)OCCO5)[C@@H]1CC[C@@H]2O. The van der Waals surface area contributed by atoms with Crippen LogP contribution in [0.4, 0.5) is 0 Å². The molecule has 4 fully saturated rings. The third-order valence-electron chi connectivity index (χ3n) is 8.85. The highest BCUT2D eigenvalue weighted by Crippen LogP contribution is 2.66. The first kappa shape index (κ1) is 15.8. The average Bonchev–Trinajstić information content (AvgIpc) is 3.14. The van der Waals surface area contributed by atoms with E-state index in [0.717, 1.165) is 43.8 Å². The van der Waals surface area contributed by atoms with Crippen molar-refractivity contribution < 1.29 is 14.6 Å². The maximum absolute atomic E-state index is 10.6. The molecule has 24 heavy (non-hydrogen) atoms. The van der Waals surface area contributed by atoms with Crippen LogP contribution in [-0.2, 0) is 9.47 Å². The number of hydrogen-bond acceptors (Lipinski definition) is 3. The number of hydrogen-bond donors (Lipinski definition) is 1. The lowest BCUT2D eigenvalue weighted by atomic mass is 9.47. The molecule has 134 valence electrons. The lowest BCUT2D eigenvalue weighted by molar-refractivity contribution is -0.145. The van der Waals surface area contributed by atoms with Gasteiger partial charge in [0.25, 0.3) is 0 Å². The summed E-state index contributed by atoms with van der Waals surface area (Å²) < 4.78 is 12.0. The number of rotatable bonds is 0. The molecule has 0 aromatic rings. The Hall–Kier alpha value is -0.380. The molecular weight excluding hydrogens is 300 g/mol. The van der Waals surface area contributed by atoms with E-state index in [-0.39, 0.29) is 11.5 Å². The van der Waals surface area contributed by atoms with E-state index in [2.05, 4.69) is 19.9 Å². The van der Waals surface area contributed by atoms with E-state index in [0.29, 0.717) is 5.41 Å². The Morgan fingerprint density at radius 3 is 2.54 bits per heavy atom. The van der Waals surface area contributed by atoms with E-state index in [1.807, 2.05) is 0 Å². The van der Waals surface area contributed by atoms with Crippen LogP contribution in [0.3, 0.4) is 0 Å². The summed E-state index contributed by atoms with van der Waals surface area (Å²) in [4.78, 5) is 0. The quantitative estimate of drug-likeness (QED) is 0.680. The first-order valence-electron chi connectivity index (χ1n) is 10.2. The minimum Gasteiger partial charge on any atom is -0.393 e. The first-order chi connectivity index (χ1) is 11.5. The molecule has 0 unspecified atom stereocenters. The van der Waals surface area contributed by atoms with Crippen LogP contribution in [0.25, 0.3) is 0 Å². The molecule has 3 nitrogen and oxygen atoms in total. The third-order valence-corrected chi connectivity index (χ3v) is 8.85. The molecular formula is C21H32O3. The molecule has 4 aliphatic carbocycles. The summed E-state index contributed by atoms with van der Waals surface area (Å²) in [6.07, 6.45) is 11.8. The van der Waals surface area contributed by atoms with E-state index in [1.54, 1.807) is 5.57 Å². The van der Waals surface area contributed by atoms with Gasteiger partial charge in [-0.15, -0.1) is 0 Å². The highest BCUT2D eigenvalue weighted by molar-refractivity contribution is 5.27. The fourth-order valence-electron chi connectivity index (χ4n) is 7.35. The molecule has 1 saturated heterocycles. The van der Waals surface area contributed by atoms with Gasteiger partial charge in [0.05, 0.1) is 19.3 Å². The Kier molecular flexibility index (Phi) is 3.35. The normalized spacial score (nSPS) is 52.5. The fraction of sp³-hybridized carbons (Fsp3) is 0.905. The molecule has 1 heterocycles. The van der Waals surface area contributed by atoms with Crippen LogP contribution < -0.4 is 0 Å². The first-order valence-corrected chi connectivity index (χ1v) is 10.2. The van der Waals surface area contributed by atoms with Crippen molar-refractivity contribution in [1.29, 1.82) is 0 Å². The van der Waals surface area contributed by atoms with E-state index < -0.39 is 5.79 Å². The van der Waals surface area contributed by atoms with Crippen LogP contribution in [0.1, 0.15) is 65.2 Å². The smallest absolute Gasteiger partial charge is 0.188 e. The number of fused-ring (bicyclic) bond motifs is 5. The van der Waals surface area contributed by atoms with Crippen molar-refractivity contribution in [3.05, 3.63) is 11.6 Å². The van der Waals surface area contributed by atoms with Crippen molar-refractivity contribution >= 4 is 0 Å². The minimum atomic E-state index is -0.394. The lowest BCUT2D eigenvalue weighted by Gasteiger charge is -2.58. The second-order valence-corrected chi connectivity index (χ2v) is 9.65. The second-order valence-electron chi connectivity index (χ2n) is 9.65. The van der Waals surface area contributed by atoms with Crippen LogP contribution in [-0.4, -0.2) is 30.2 Å². The van der Waals surface area contributed by atoms with Crippen LogP contribution in [0.15, 0.2) is 11.6 Å². The van der Waals surface area contributed by atoms with E-state index in [4.69, 9.17) is 9.47 Å². The summed E-state index contributed by atoms with van der Waals surface area (Å²) in [5.74, 6) is 1.94. The monoisotopic (exact) mass is 332 g/mol. The van der Waals surface area contributed by atoms with Crippen molar-refractivity contribution in [2.75, 3.05) is 13.2 Å². The van der Waals surface area contributed by atoms with Gasteiger partial charge in [-0.2, -0.15) is 0 Å². The molecule has 1 N–H and O–H groups in total. The summed E-state index contributed by atoms with van der Waals surface area (Å²) in [6, 6.07) is 0. The summed E-state index contributed by atoms with van der Waals surface area (Å²) in [6.45, 7) is 6.37. The van der Waals surface area contributed by atoms with Gasteiger partial charge in [-0.05, 0) is 79.6 Å². The second kappa shape index (κ2) is 5.08. The molecule has 0 amide bonds. The number of aliphatic hydroxyl groups excluding tert-OH is 1. The topological polar surface area (TPSA) is 38.7 Å². The van der Waals surface area contributed by atoms with Crippen LogP contribution >= 0.6 is 0 Å².